The first-order chi connectivity index (χ1) is 6.48. The van der Waals surface area contributed by atoms with Gasteiger partial charge in [0.15, 0.2) is 5.65 Å². The summed E-state index contributed by atoms with van der Waals surface area (Å²) < 4.78 is 23.3. The Bertz CT molecular complexity index is 591. The van der Waals surface area contributed by atoms with Gasteiger partial charge in [-0.2, -0.15) is 5.10 Å². The van der Waals surface area contributed by atoms with Gasteiger partial charge in [-0.1, -0.05) is 11.6 Å². The molecule has 0 amide bonds. The van der Waals surface area contributed by atoms with Crippen LogP contribution in [0.15, 0.2) is 23.5 Å². The van der Waals surface area contributed by atoms with Crippen molar-refractivity contribution in [2.45, 2.75) is 4.90 Å². The molecule has 2 aromatic heterocycles. The number of aromatic nitrogens is 3. The van der Waals surface area contributed by atoms with Crippen LogP contribution in [0.25, 0.3) is 5.65 Å². The molecule has 2 N–H and O–H groups in total. The summed E-state index contributed by atoms with van der Waals surface area (Å²) in [5, 5.41) is 9.07. The molecule has 6 nitrogen and oxygen atoms in total. The molecule has 0 saturated carbocycles. The van der Waals surface area contributed by atoms with E-state index in [0.29, 0.717) is 5.02 Å². The highest BCUT2D eigenvalue weighted by atomic mass is 35.5. The quantitative estimate of drug-likeness (QED) is 0.751. The van der Waals surface area contributed by atoms with Crippen molar-refractivity contribution in [2.24, 2.45) is 5.14 Å². The van der Waals surface area contributed by atoms with E-state index < -0.39 is 10.0 Å². The fourth-order valence-electron chi connectivity index (χ4n) is 1.03. The molecule has 2 aromatic rings. The maximum atomic E-state index is 11.0. The highest BCUT2D eigenvalue weighted by Gasteiger charge is 2.15. The standard InChI is InChI=1S/C6H5ClN4O2S/c7-4-1-9-6-5(14(8,12)13)2-10-11(6)3-4/h1-3H,(H2,8,12,13). The summed E-state index contributed by atoms with van der Waals surface area (Å²) in [6.45, 7) is 0. The molecule has 0 bridgehead atoms. The number of nitrogens with zero attached hydrogens (tertiary/aromatic N) is 3. The van der Waals surface area contributed by atoms with Crippen LogP contribution in [0.4, 0.5) is 0 Å². The van der Waals surface area contributed by atoms with E-state index in [0.717, 1.165) is 6.20 Å². The van der Waals surface area contributed by atoms with Gasteiger partial charge in [0.1, 0.15) is 4.90 Å². The van der Waals surface area contributed by atoms with E-state index in [1.165, 1.54) is 16.9 Å². The third kappa shape index (κ3) is 1.45. The third-order valence-electron chi connectivity index (χ3n) is 1.60. The maximum Gasteiger partial charge on any atom is 0.243 e. The second-order valence-corrected chi connectivity index (χ2v) is 4.56. The van der Waals surface area contributed by atoms with Crippen molar-refractivity contribution < 1.29 is 8.42 Å². The summed E-state index contributed by atoms with van der Waals surface area (Å²) in [6.07, 6.45) is 3.90. The van der Waals surface area contributed by atoms with E-state index in [9.17, 15) is 8.42 Å². The Balaban J connectivity index is 2.83. The third-order valence-corrected chi connectivity index (χ3v) is 2.70. The van der Waals surface area contributed by atoms with E-state index in [-0.39, 0.29) is 10.5 Å². The Morgan fingerprint density at radius 2 is 2.14 bits per heavy atom. The van der Waals surface area contributed by atoms with Crippen LogP contribution < -0.4 is 5.14 Å². The molecule has 0 aliphatic heterocycles. The van der Waals surface area contributed by atoms with E-state index in [1.807, 2.05) is 0 Å². The predicted octanol–water partition coefficient (Wildman–Crippen LogP) is 0.0301. The molecule has 2 heterocycles. The molecule has 0 atom stereocenters. The lowest BCUT2D eigenvalue weighted by Crippen LogP contribution is -2.12. The first kappa shape index (κ1) is 9.38. The second kappa shape index (κ2) is 2.91. The Labute approximate surface area is 84.4 Å². The molecular weight excluding hydrogens is 228 g/mol. The summed E-state index contributed by atoms with van der Waals surface area (Å²) in [4.78, 5) is 3.70. The molecule has 0 unspecified atom stereocenters. The summed E-state index contributed by atoms with van der Waals surface area (Å²) >= 11 is 5.64. The molecule has 0 aromatic carbocycles. The molecular formula is C6H5ClN4O2S. The van der Waals surface area contributed by atoms with Crippen LogP contribution in [0.3, 0.4) is 0 Å². The van der Waals surface area contributed by atoms with Gasteiger partial charge >= 0.3 is 0 Å². The summed E-state index contributed by atoms with van der Waals surface area (Å²) in [5.41, 5.74) is 0.164. The van der Waals surface area contributed by atoms with Crippen LogP contribution in [0, 0.1) is 0 Å². The van der Waals surface area contributed by atoms with E-state index >= 15 is 0 Å². The van der Waals surface area contributed by atoms with E-state index in [4.69, 9.17) is 16.7 Å². The van der Waals surface area contributed by atoms with Gasteiger partial charge in [-0.15, -0.1) is 0 Å². The molecule has 0 spiro atoms. The normalized spacial score (nSPS) is 12.1. The Morgan fingerprint density at radius 3 is 2.79 bits per heavy atom. The van der Waals surface area contributed by atoms with Crippen molar-refractivity contribution in [1.82, 2.24) is 14.6 Å². The summed E-state index contributed by atoms with van der Waals surface area (Å²) in [7, 11) is -3.79. The van der Waals surface area contributed by atoms with Crippen LogP contribution in [0.5, 0.6) is 0 Å². The van der Waals surface area contributed by atoms with Crippen LogP contribution in [-0.4, -0.2) is 23.0 Å². The van der Waals surface area contributed by atoms with Crippen molar-refractivity contribution in [1.29, 1.82) is 0 Å². The lowest BCUT2D eigenvalue weighted by Gasteiger charge is -1.95. The number of halogens is 1. The maximum absolute atomic E-state index is 11.0. The zero-order valence-electron chi connectivity index (χ0n) is 6.75. The topological polar surface area (TPSA) is 90.4 Å². The van der Waals surface area contributed by atoms with Crippen LogP contribution in [-0.2, 0) is 10.0 Å². The minimum absolute atomic E-state index is 0.117. The molecule has 8 heteroatoms. The van der Waals surface area contributed by atoms with Gasteiger partial charge in [-0.3, -0.25) is 0 Å². The van der Waals surface area contributed by atoms with E-state index in [1.54, 1.807) is 0 Å². The van der Waals surface area contributed by atoms with Crippen LogP contribution in [0.2, 0.25) is 5.02 Å². The van der Waals surface area contributed by atoms with Crippen molar-refractivity contribution in [3.05, 3.63) is 23.6 Å². The van der Waals surface area contributed by atoms with Crippen molar-refractivity contribution in [3.8, 4) is 0 Å². The molecule has 2 rings (SSSR count). The van der Waals surface area contributed by atoms with Crippen LogP contribution in [0.1, 0.15) is 0 Å². The Hall–Kier alpha value is -1.18. The lowest BCUT2D eigenvalue weighted by atomic mass is 10.6. The number of fused-ring (bicyclic) bond motifs is 1. The smallest absolute Gasteiger partial charge is 0.234 e. The zero-order chi connectivity index (χ0) is 10.3. The average molecular weight is 233 g/mol. The van der Waals surface area contributed by atoms with Gasteiger partial charge in [-0.25, -0.2) is 23.1 Å². The van der Waals surface area contributed by atoms with Gasteiger partial charge in [0.05, 0.1) is 17.4 Å². The van der Waals surface area contributed by atoms with Crippen molar-refractivity contribution >= 4 is 27.3 Å². The van der Waals surface area contributed by atoms with Gasteiger partial charge in [0.2, 0.25) is 10.0 Å². The molecule has 0 radical (unpaired) electrons. The number of sulfonamides is 1. The largest absolute Gasteiger partial charge is 0.243 e. The molecule has 74 valence electrons. The first-order valence-electron chi connectivity index (χ1n) is 3.50. The highest BCUT2D eigenvalue weighted by Crippen LogP contribution is 2.14. The van der Waals surface area contributed by atoms with Gasteiger partial charge in [0, 0.05) is 6.20 Å². The minimum Gasteiger partial charge on any atom is -0.234 e. The van der Waals surface area contributed by atoms with Gasteiger partial charge in [0.25, 0.3) is 0 Å². The summed E-state index contributed by atoms with van der Waals surface area (Å²) in [5.74, 6) is 0. The highest BCUT2D eigenvalue weighted by molar-refractivity contribution is 7.89. The van der Waals surface area contributed by atoms with Crippen LogP contribution >= 0.6 is 11.6 Å². The zero-order valence-corrected chi connectivity index (χ0v) is 8.33. The van der Waals surface area contributed by atoms with E-state index in [2.05, 4.69) is 10.1 Å². The fraction of sp³-hybridized carbons (Fsp3) is 0. The Kier molecular flexibility index (Phi) is 1.95. The SMILES string of the molecule is NS(=O)(=O)c1cnn2cc(Cl)cnc12. The van der Waals surface area contributed by atoms with Crippen molar-refractivity contribution in [2.75, 3.05) is 0 Å². The average Bonchev–Trinajstić information content (AvgIpc) is 2.45. The number of hydrogen-bond donors (Lipinski definition) is 1. The lowest BCUT2D eigenvalue weighted by molar-refractivity contribution is 0.598. The predicted molar refractivity (Wildman–Crippen MR) is 49.4 cm³/mol. The molecule has 0 saturated heterocycles. The number of primary sulfonamides is 1. The summed E-state index contributed by atoms with van der Waals surface area (Å²) in [6, 6.07) is 0. The van der Waals surface area contributed by atoms with Gasteiger partial charge < -0.3 is 0 Å². The van der Waals surface area contributed by atoms with Crippen molar-refractivity contribution in [3.63, 3.8) is 0 Å². The monoisotopic (exact) mass is 232 g/mol. The minimum atomic E-state index is -3.79. The second-order valence-electron chi connectivity index (χ2n) is 2.59. The number of hydrogen-bond acceptors (Lipinski definition) is 4. The number of nitrogens with two attached hydrogens (primary N) is 1. The molecule has 0 aliphatic carbocycles. The number of rotatable bonds is 1. The molecule has 0 fully saturated rings. The van der Waals surface area contributed by atoms with Gasteiger partial charge in [-0.05, 0) is 0 Å². The Morgan fingerprint density at radius 1 is 1.43 bits per heavy atom. The molecule has 14 heavy (non-hydrogen) atoms. The molecule has 0 aliphatic rings. The fourth-order valence-corrected chi connectivity index (χ4v) is 1.77. The first-order valence-corrected chi connectivity index (χ1v) is 5.42.